The van der Waals surface area contributed by atoms with Gasteiger partial charge in [0.25, 0.3) is 0 Å². The fourth-order valence-electron chi connectivity index (χ4n) is 2.06. The van der Waals surface area contributed by atoms with Crippen LogP contribution in [0.1, 0.15) is 26.7 Å². The molecule has 0 spiro atoms. The first kappa shape index (κ1) is 14.4. The average molecular weight is 257 g/mol. The molecule has 1 heterocycles. The summed E-state index contributed by atoms with van der Waals surface area (Å²) in [4.78, 5) is 16.7. The van der Waals surface area contributed by atoms with E-state index in [1.807, 2.05) is 4.90 Å². The van der Waals surface area contributed by atoms with E-state index in [1.165, 1.54) is 0 Å². The second-order valence-electron chi connectivity index (χ2n) is 5.50. The van der Waals surface area contributed by atoms with Gasteiger partial charge in [0.2, 0.25) is 5.91 Å². The Bertz CT molecular complexity index is 315. The molecule has 0 aromatic rings. The summed E-state index contributed by atoms with van der Waals surface area (Å²) in [7, 11) is 4.11. The molecule has 0 aliphatic carbocycles. The number of hydrogen-bond donors (Lipinski definition) is 1. The maximum absolute atomic E-state index is 12.4. The summed E-state index contributed by atoms with van der Waals surface area (Å²) in [5.74, 6) is 0.0524. The van der Waals surface area contributed by atoms with Gasteiger partial charge in [-0.25, -0.2) is 0 Å². The van der Waals surface area contributed by atoms with Crippen molar-refractivity contribution in [3.05, 3.63) is 0 Å². The number of thiocarbonyl (C=S) groups is 1. The number of hydrogen-bond acceptors (Lipinski definition) is 3. The predicted octanol–water partition coefficient (Wildman–Crippen LogP) is 0.851. The van der Waals surface area contributed by atoms with E-state index in [9.17, 15) is 4.79 Å². The van der Waals surface area contributed by atoms with E-state index in [4.69, 9.17) is 18.0 Å². The molecule has 1 atom stereocenters. The second kappa shape index (κ2) is 5.31. The minimum atomic E-state index is -0.733. The number of likely N-dealkylation sites (tertiary alicyclic amines) is 1. The smallest absolute Gasteiger partial charge is 0.235 e. The molecule has 0 radical (unpaired) electrons. The fourth-order valence-corrected chi connectivity index (χ4v) is 2.15. The van der Waals surface area contributed by atoms with Gasteiger partial charge in [0.1, 0.15) is 0 Å². The van der Waals surface area contributed by atoms with E-state index in [2.05, 4.69) is 19.0 Å². The lowest BCUT2D eigenvalue weighted by molar-refractivity contribution is -0.138. The molecule has 98 valence electrons. The zero-order valence-electron chi connectivity index (χ0n) is 11.2. The summed E-state index contributed by atoms with van der Waals surface area (Å²) in [5.41, 5.74) is 4.91. The monoisotopic (exact) mass is 257 g/mol. The molecule has 2 N–H and O–H groups in total. The Hall–Kier alpha value is -0.680. The largest absolute Gasteiger partial charge is 0.392 e. The van der Waals surface area contributed by atoms with Crippen molar-refractivity contribution in [3.63, 3.8) is 0 Å². The molecule has 5 heteroatoms. The number of rotatable bonds is 3. The van der Waals surface area contributed by atoms with Crippen LogP contribution >= 0.6 is 12.2 Å². The van der Waals surface area contributed by atoms with E-state index in [-0.39, 0.29) is 10.9 Å². The first-order chi connectivity index (χ1) is 7.76. The topological polar surface area (TPSA) is 49.6 Å². The second-order valence-corrected chi connectivity index (χ2v) is 5.94. The lowest BCUT2D eigenvalue weighted by Crippen LogP contribution is -2.53. The third-order valence-corrected chi connectivity index (χ3v) is 4.07. The van der Waals surface area contributed by atoms with E-state index in [0.29, 0.717) is 6.04 Å². The Morgan fingerprint density at radius 3 is 2.53 bits per heavy atom. The van der Waals surface area contributed by atoms with Gasteiger partial charge in [0.15, 0.2) is 0 Å². The molecule has 1 fully saturated rings. The highest BCUT2D eigenvalue weighted by Crippen LogP contribution is 2.23. The van der Waals surface area contributed by atoms with Gasteiger partial charge in [0, 0.05) is 19.1 Å². The van der Waals surface area contributed by atoms with Crippen LogP contribution in [0, 0.1) is 5.41 Å². The molecule has 1 aliphatic rings. The minimum Gasteiger partial charge on any atom is -0.392 e. The Labute approximate surface area is 109 Å². The van der Waals surface area contributed by atoms with Gasteiger partial charge in [-0.1, -0.05) is 12.2 Å². The lowest BCUT2D eigenvalue weighted by atomic mass is 9.90. The van der Waals surface area contributed by atoms with E-state index < -0.39 is 5.41 Å². The van der Waals surface area contributed by atoms with Crippen molar-refractivity contribution in [1.29, 1.82) is 0 Å². The molecule has 4 nitrogen and oxygen atoms in total. The van der Waals surface area contributed by atoms with E-state index in [1.54, 1.807) is 13.8 Å². The van der Waals surface area contributed by atoms with Crippen LogP contribution < -0.4 is 5.73 Å². The summed E-state index contributed by atoms with van der Waals surface area (Å²) >= 11 is 4.98. The SMILES string of the molecule is CN(C)C1CCCN(C(=O)C(C)(C)C(N)=S)C1. The van der Waals surface area contributed by atoms with Crippen LogP contribution in [0.25, 0.3) is 0 Å². The molecule has 0 saturated carbocycles. The van der Waals surface area contributed by atoms with Crippen LogP contribution in [0.4, 0.5) is 0 Å². The number of piperidine rings is 1. The normalized spacial score (nSPS) is 21.7. The quantitative estimate of drug-likeness (QED) is 0.762. The van der Waals surface area contributed by atoms with Gasteiger partial charge in [-0.2, -0.15) is 0 Å². The van der Waals surface area contributed by atoms with Gasteiger partial charge in [-0.15, -0.1) is 0 Å². The lowest BCUT2D eigenvalue weighted by Gasteiger charge is -2.39. The summed E-state index contributed by atoms with van der Waals surface area (Å²) in [6.45, 7) is 5.20. The number of amides is 1. The van der Waals surface area contributed by atoms with Crippen LogP contribution in [0.3, 0.4) is 0 Å². The first-order valence-electron chi connectivity index (χ1n) is 6.02. The Kier molecular flexibility index (Phi) is 4.49. The summed E-state index contributed by atoms with van der Waals surface area (Å²) in [6, 6.07) is 0.440. The molecule has 0 aromatic heterocycles. The molecule has 0 aromatic carbocycles. The molecule has 0 bridgehead atoms. The van der Waals surface area contributed by atoms with Gasteiger partial charge in [-0.05, 0) is 40.8 Å². The molecular formula is C12H23N3OS. The average Bonchev–Trinajstić information content (AvgIpc) is 2.27. The van der Waals surface area contributed by atoms with E-state index >= 15 is 0 Å². The molecular weight excluding hydrogens is 234 g/mol. The zero-order chi connectivity index (χ0) is 13.2. The van der Waals surface area contributed by atoms with Crippen LogP contribution in [-0.2, 0) is 4.79 Å². The number of carbonyl (C=O) groups excluding carboxylic acids is 1. The highest BCUT2D eigenvalue weighted by atomic mass is 32.1. The van der Waals surface area contributed by atoms with Crippen molar-refractivity contribution in [1.82, 2.24) is 9.80 Å². The van der Waals surface area contributed by atoms with E-state index in [0.717, 1.165) is 25.9 Å². The summed E-state index contributed by atoms with van der Waals surface area (Å²) in [6.07, 6.45) is 2.19. The fraction of sp³-hybridized carbons (Fsp3) is 0.833. The summed E-state index contributed by atoms with van der Waals surface area (Å²) < 4.78 is 0. The Balaban J connectivity index is 2.73. The molecule has 1 rings (SSSR count). The van der Waals surface area contributed by atoms with Crippen molar-refractivity contribution in [2.75, 3.05) is 27.2 Å². The highest BCUT2D eigenvalue weighted by molar-refractivity contribution is 7.80. The molecule has 1 aliphatic heterocycles. The van der Waals surface area contributed by atoms with Crippen LogP contribution in [0.5, 0.6) is 0 Å². The molecule has 1 saturated heterocycles. The van der Waals surface area contributed by atoms with Crippen molar-refractivity contribution >= 4 is 23.1 Å². The maximum Gasteiger partial charge on any atom is 0.235 e. The standard InChI is InChI=1S/C12H23N3OS/c1-12(2,10(13)17)11(16)15-7-5-6-9(8-15)14(3)4/h9H,5-8H2,1-4H3,(H2,13,17). The van der Waals surface area contributed by atoms with Crippen molar-refractivity contribution < 1.29 is 4.79 Å². The number of nitrogens with two attached hydrogens (primary N) is 1. The van der Waals surface area contributed by atoms with Gasteiger partial charge >= 0.3 is 0 Å². The van der Waals surface area contributed by atoms with Crippen molar-refractivity contribution in [2.45, 2.75) is 32.7 Å². The van der Waals surface area contributed by atoms with Gasteiger partial charge < -0.3 is 15.5 Å². The maximum atomic E-state index is 12.4. The van der Waals surface area contributed by atoms with Gasteiger partial charge in [0.05, 0.1) is 10.4 Å². The van der Waals surface area contributed by atoms with Crippen molar-refractivity contribution in [2.24, 2.45) is 11.1 Å². The third kappa shape index (κ3) is 3.16. The zero-order valence-corrected chi connectivity index (χ0v) is 12.0. The third-order valence-electron chi connectivity index (χ3n) is 3.56. The molecule has 1 amide bonds. The highest BCUT2D eigenvalue weighted by Gasteiger charge is 2.36. The minimum absolute atomic E-state index is 0.0524. The predicted molar refractivity (Wildman–Crippen MR) is 73.9 cm³/mol. The first-order valence-corrected chi connectivity index (χ1v) is 6.43. The molecule has 1 unspecified atom stereocenters. The van der Waals surface area contributed by atoms with Crippen LogP contribution in [0.15, 0.2) is 0 Å². The van der Waals surface area contributed by atoms with Gasteiger partial charge in [-0.3, -0.25) is 4.79 Å². The Morgan fingerprint density at radius 1 is 1.47 bits per heavy atom. The summed E-state index contributed by atoms with van der Waals surface area (Å²) in [5, 5.41) is 0. The number of carbonyl (C=O) groups is 1. The van der Waals surface area contributed by atoms with Crippen LogP contribution in [-0.4, -0.2) is 53.9 Å². The van der Waals surface area contributed by atoms with Crippen molar-refractivity contribution in [3.8, 4) is 0 Å². The Morgan fingerprint density at radius 2 is 2.06 bits per heavy atom. The van der Waals surface area contributed by atoms with Crippen LogP contribution in [0.2, 0.25) is 0 Å². The number of nitrogens with zero attached hydrogens (tertiary/aromatic N) is 2. The number of likely N-dealkylation sites (N-methyl/N-ethyl adjacent to an activating group) is 1. The molecule has 17 heavy (non-hydrogen) atoms.